The van der Waals surface area contributed by atoms with Crippen molar-refractivity contribution >= 4 is 11.7 Å². The van der Waals surface area contributed by atoms with Crippen molar-refractivity contribution in [2.24, 2.45) is 5.73 Å². The minimum absolute atomic E-state index is 0.353. The van der Waals surface area contributed by atoms with Crippen LogP contribution in [0.2, 0.25) is 0 Å². The highest BCUT2D eigenvalue weighted by Gasteiger charge is 2.40. The first-order valence-corrected chi connectivity index (χ1v) is 7.36. The number of amides is 1. The minimum atomic E-state index is -0.403. The van der Waals surface area contributed by atoms with Crippen LogP contribution in [0.25, 0.3) is 0 Å². The summed E-state index contributed by atoms with van der Waals surface area (Å²) < 4.78 is 0. The Labute approximate surface area is 119 Å². The van der Waals surface area contributed by atoms with Gasteiger partial charge in [0.2, 0.25) is 5.91 Å². The third-order valence-electron chi connectivity index (χ3n) is 4.53. The molecule has 3 rings (SSSR count). The lowest BCUT2D eigenvalue weighted by molar-refractivity contribution is 0.1000. The highest BCUT2D eigenvalue weighted by Crippen LogP contribution is 2.38. The molecular weight excluding hydrogens is 252 g/mol. The van der Waals surface area contributed by atoms with Gasteiger partial charge in [-0.2, -0.15) is 0 Å². The number of hydrogen-bond acceptors (Lipinski definition) is 4. The van der Waals surface area contributed by atoms with E-state index in [4.69, 9.17) is 5.73 Å². The van der Waals surface area contributed by atoms with E-state index >= 15 is 0 Å². The lowest BCUT2D eigenvalue weighted by Gasteiger charge is -2.48. The Morgan fingerprint density at radius 1 is 1.50 bits per heavy atom. The second-order valence-corrected chi connectivity index (χ2v) is 6.14. The number of nitrogens with zero attached hydrogens (tertiary/aromatic N) is 1. The highest BCUT2D eigenvalue weighted by molar-refractivity contribution is 5.93. The normalized spacial score (nSPS) is 24.1. The maximum atomic E-state index is 11.3. The zero-order valence-electron chi connectivity index (χ0n) is 11.9. The summed E-state index contributed by atoms with van der Waals surface area (Å²) in [5.74, 6) is 0.361. The topological polar surface area (TPSA) is 80.0 Å². The summed E-state index contributed by atoms with van der Waals surface area (Å²) in [6, 6.07) is 3.90. The minimum Gasteiger partial charge on any atom is -0.367 e. The molecule has 20 heavy (non-hydrogen) atoms. The fourth-order valence-corrected chi connectivity index (χ4v) is 3.36. The maximum Gasteiger partial charge on any atom is 0.248 e. The van der Waals surface area contributed by atoms with E-state index in [1.807, 2.05) is 6.92 Å². The van der Waals surface area contributed by atoms with Gasteiger partial charge in [0.1, 0.15) is 5.82 Å². The van der Waals surface area contributed by atoms with Gasteiger partial charge in [-0.3, -0.25) is 4.79 Å². The second kappa shape index (κ2) is 5.05. The summed E-state index contributed by atoms with van der Waals surface area (Å²) in [6.45, 7) is 2.93. The molecule has 5 nitrogen and oxygen atoms in total. The molecule has 0 bridgehead atoms. The molecule has 1 aliphatic carbocycles. The fourth-order valence-electron chi connectivity index (χ4n) is 3.36. The quantitative estimate of drug-likeness (QED) is 0.781. The third-order valence-corrected chi connectivity index (χ3v) is 4.53. The number of nitrogens with two attached hydrogens (primary N) is 1. The summed E-state index contributed by atoms with van der Waals surface area (Å²) >= 11 is 0. The average molecular weight is 274 g/mol. The van der Waals surface area contributed by atoms with Gasteiger partial charge < -0.3 is 16.4 Å². The van der Waals surface area contributed by atoms with E-state index < -0.39 is 5.91 Å². The van der Waals surface area contributed by atoms with Crippen molar-refractivity contribution < 1.29 is 4.79 Å². The number of carbonyl (C=O) groups excluding carboxylic acids is 1. The van der Waals surface area contributed by atoms with Gasteiger partial charge in [0.05, 0.1) is 0 Å². The Kier molecular flexibility index (Phi) is 3.38. The zero-order chi connectivity index (χ0) is 14.2. The second-order valence-electron chi connectivity index (χ2n) is 6.14. The predicted octanol–water partition coefficient (Wildman–Crippen LogP) is 1.58. The maximum absolute atomic E-state index is 11.3. The number of primary amides is 1. The lowest BCUT2D eigenvalue weighted by atomic mass is 9.70. The summed E-state index contributed by atoms with van der Waals surface area (Å²) in [5.41, 5.74) is 7.04. The van der Waals surface area contributed by atoms with Crippen molar-refractivity contribution in [3.05, 3.63) is 23.4 Å². The monoisotopic (exact) mass is 274 g/mol. The van der Waals surface area contributed by atoms with Gasteiger partial charge in [0.25, 0.3) is 0 Å². The van der Waals surface area contributed by atoms with Gasteiger partial charge >= 0.3 is 0 Å². The number of piperidine rings is 1. The van der Waals surface area contributed by atoms with Crippen LogP contribution in [0.4, 0.5) is 5.82 Å². The molecule has 2 aliphatic rings. The smallest absolute Gasteiger partial charge is 0.248 e. The predicted molar refractivity (Wildman–Crippen MR) is 78.7 cm³/mol. The highest BCUT2D eigenvalue weighted by atomic mass is 16.1. The molecule has 1 aromatic heterocycles. The molecule has 4 N–H and O–H groups in total. The third kappa shape index (κ3) is 2.63. The van der Waals surface area contributed by atoms with Gasteiger partial charge in [0, 0.05) is 22.8 Å². The molecule has 1 saturated carbocycles. The van der Waals surface area contributed by atoms with E-state index in [1.54, 1.807) is 12.1 Å². The number of pyridine rings is 1. The Bertz CT molecular complexity index is 525. The first-order valence-electron chi connectivity index (χ1n) is 7.36. The van der Waals surface area contributed by atoms with Gasteiger partial charge in [-0.25, -0.2) is 4.98 Å². The summed E-state index contributed by atoms with van der Waals surface area (Å²) in [4.78, 5) is 15.8. The molecule has 1 aliphatic heterocycles. The molecule has 2 heterocycles. The molecule has 5 heteroatoms. The van der Waals surface area contributed by atoms with Gasteiger partial charge in [-0.1, -0.05) is 0 Å². The van der Waals surface area contributed by atoms with Gasteiger partial charge in [0.15, 0.2) is 0 Å². The van der Waals surface area contributed by atoms with Crippen LogP contribution in [0.3, 0.4) is 0 Å². The van der Waals surface area contributed by atoms with Crippen LogP contribution in [0, 0.1) is 6.92 Å². The molecule has 2 fully saturated rings. The number of aryl methyl sites for hydroxylation is 1. The molecule has 1 amide bonds. The number of anilines is 1. The van der Waals surface area contributed by atoms with E-state index in [1.165, 1.54) is 19.3 Å². The standard InChI is InChI=1S/C15H22N4O/c1-10-7-11(14(16)20)8-13(18-10)19-12-3-6-17-15(9-12)4-2-5-15/h7-8,12,17H,2-6,9H2,1H3,(H2,16,20)(H,18,19). The number of aromatic nitrogens is 1. The Morgan fingerprint density at radius 3 is 2.95 bits per heavy atom. The number of hydrogen-bond donors (Lipinski definition) is 3. The van der Waals surface area contributed by atoms with Gasteiger partial charge in [-0.15, -0.1) is 0 Å². The molecule has 1 unspecified atom stereocenters. The average Bonchev–Trinajstić information content (AvgIpc) is 2.36. The van der Waals surface area contributed by atoms with Crippen molar-refractivity contribution in [2.45, 2.75) is 50.6 Å². The largest absolute Gasteiger partial charge is 0.367 e. The number of rotatable bonds is 3. The van der Waals surface area contributed by atoms with Crippen LogP contribution in [0.1, 0.15) is 48.2 Å². The van der Waals surface area contributed by atoms with Crippen LogP contribution >= 0.6 is 0 Å². The Morgan fingerprint density at radius 2 is 2.30 bits per heavy atom. The SMILES string of the molecule is Cc1cc(C(N)=O)cc(NC2CCNC3(CCC3)C2)n1. The van der Waals surface area contributed by atoms with E-state index in [-0.39, 0.29) is 0 Å². The van der Waals surface area contributed by atoms with Crippen LogP contribution in [-0.2, 0) is 0 Å². The summed E-state index contributed by atoms with van der Waals surface area (Å²) in [6.07, 6.45) is 6.10. The van der Waals surface area contributed by atoms with Gasteiger partial charge in [-0.05, 0) is 57.7 Å². The Hall–Kier alpha value is -1.62. The van der Waals surface area contributed by atoms with E-state index in [0.29, 0.717) is 17.1 Å². The van der Waals surface area contributed by atoms with Crippen LogP contribution in [-0.4, -0.2) is 29.0 Å². The van der Waals surface area contributed by atoms with Crippen molar-refractivity contribution in [1.29, 1.82) is 0 Å². The summed E-state index contributed by atoms with van der Waals surface area (Å²) in [5, 5.41) is 7.14. The molecule has 1 saturated heterocycles. The van der Waals surface area contributed by atoms with Crippen molar-refractivity contribution in [3.63, 3.8) is 0 Å². The van der Waals surface area contributed by atoms with Crippen LogP contribution in [0.5, 0.6) is 0 Å². The van der Waals surface area contributed by atoms with Crippen molar-refractivity contribution in [1.82, 2.24) is 10.3 Å². The molecule has 1 atom stereocenters. The van der Waals surface area contributed by atoms with E-state index in [2.05, 4.69) is 15.6 Å². The summed E-state index contributed by atoms with van der Waals surface area (Å²) in [7, 11) is 0. The first kappa shape index (κ1) is 13.4. The number of carbonyl (C=O) groups is 1. The van der Waals surface area contributed by atoms with Crippen LogP contribution in [0.15, 0.2) is 12.1 Å². The Balaban J connectivity index is 1.72. The number of nitrogens with one attached hydrogen (secondary N) is 2. The molecule has 0 radical (unpaired) electrons. The molecular formula is C15H22N4O. The zero-order valence-corrected chi connectivity index (χ0v) is 11.9. The lowest BCUT2D eigenvalue weighted by Crippen LogP contribution is -2.58. The fraction of sp³-hybridized carbons (Fsp3) is 0.600. The molecule has 1 aromatic rings. The van der Waals surface area contributed by atoms with Crippen molar-refractivity contribution in [3.8, 4) is 0 Å². The van der Waals surface area contributed by atoms with E-state index in [0.717, 1.165) is 30.9 Å². The van der Waals surface area contributed by atoms with Crippen molar-refractivity contribution in [2.75, 3.05) is 11.9 Å². The van der Waals surface area contributed by atoms with Crippen LogP contribution < -0.4 is 16.4 Å². The first-order chi connectivity index (χ1) is 9.56. The molecule has 0 aromatic carbocycles. The molecule has 108 valence electrons. The van der Waals surface area contributed by atoms with E-state index in [9.17, 15) is 4.79 Å². The molecule has 1 spiro atoms.